The highest BCUT2D eigenvalue weighted by Crippen LogP contribution is 2.38. The Kier molecular flexibility index (Phi) is 7.36. The van der Waals surface area contributed by atoms with Crippen molar-refractivity contribution in [2.45, 2.75) is 48.3 Å². The summed E-state index contributed by atoms with van der Waals surface area (Å²) in [6, 6.07) is 4.91. The van der Waals surface area contributed by atoms with E-state index in [1.54, 1.807) is 11.8 Å². The molecule has 11 nitrogen and oxygen atoms in total. The van der Waals surface area contributed by atoms with Crippen LogP contribution in [0.3, 0.4) is 0 Å². The van der Waals surface area contributed by atoms with Crippen molar-refractivity contribution in [1.82, 2.24) is 34.7 Å². The first kappa shape index (κ1) is 25.5. The van der Waals surface area contributed by atoms with Crippen LogP contribution < -0.4 is 11.1 Å². The fourth-order valence-corrected chi connectivity index (χ4v) is 6.86. The van der Waals surface area contributed by atoms with E-state index in [2.05, 4.69) is 19.9 Å². The number of anilines is 1. The summed E-state index contributed by atoms with van der Waals surface area (Å²) in [5.41, 5.74) is 8.18. The summed E-state index contributed by atoms with van der Waals surface area (Å²) in [6.45, 7) is 3.45. The summed E-state index contributed by atoms with van der Waals surface area (Å²) < 4.78 is 3.81. The number of thiazole rings is 1. The predicted octanol–water partition coefficient (Wildman–Crippen LogP) is 4.11. The molecule has 3 aromatic heterocycles. The molecule has 1 atom stereocenters. The van der Waals surface area contributed by atoms with Gasteiger partial charge < -0.3 is 25.6 Å². The van der Waals surface area contributed by atoms with Crippen LogP contribution in [0, 0.1) is 5.92 Å². The van der Waals surface area contributed by atoms with Gasteiger partial charge in [-0.1, -0.05) is 17.7 Å². The Balaban J connectivity index is 1.30. The second-order valence-corrected chi connectivity index (χ2v) is 11.5. The molecular formula is C23H25ClN8O3S2. The predicted molar refractivity (Wildman–Crippen MR) is 143 cm³/mol. The van der Waals surface area contributed by atoms with Crippen LogP contribution in [0.1, 0.15) is 26.2 Å². The average molecular weight is 561 g/mol. The maximum atomic E-state index is 12.5. The van der Waals surface area contributed by atoms with E-state index in [1.165, 1.54) is 29.4 Å². The number of aryl methyl sites for hydroxylation is 1. The lowest BCUT2D eigenvalue weighted by Crippen LogP contribution is -2.49. The second kappa shape index (κ2) is 10.7. The van der Waals surface area contributed by atoms with Gasteiger partial charge in [-0.05, 0) is 56.0 Å². The maximum absolute atomic E-state index is 12.5. The quantitative estimate of drug-likeness (QED) is 0.303. The van der Waals surface area contributed by atoms with E-state index in [0.717, 1.165) is 39.0 Å². The third-order valence-electron chi connectivity index (χ3n) is 6.45. The summed E-state index contributed by atoms with van der Waals surface area (Å²) in [4.78, 5) is 43.1. The fourth-order valence-electron chi connectivity index (χ4n) is 4.50. The summed E-state index contributed by atoms with van der Waals surface area (Å²) in [6.07, 6.45) is 2.80. The van der Waals surface area contributed by atoms with E-state index in [4.69, 9.17) is 32.4 Å². The maximum Gasteiger partial charge on any atom is 0.405 e. The molecule has 4 heterocycles. The van der Waals surface area contributed by atoms with Gasteiger partial charge in [-0.15, -0.1) is 11.3 Å². The highest BCUT2D eigenvalue weighted by atomic mass is 35.5. The van der Waals surface area contributed by atoms with Crippen molar-refractivity contribution in [3.05, 3.63) is 29.5 Å². The molecule has 2 amide bonds. The standard InChI is InChI=1S/C23H25ClN8O3S2/c1-12(28-22(34)35)20(33)31-8-5-13(6-9-31)7-10-32-19-16(18(25)26-11-27-19)30-21(32)37-23-29-15-4-2-3-14(24)17(15)36-23/h2-4,11-13,28H,5-10H2,1H3,(H,34,35)(H2,25,26,27)/t12-/m0/s1. The highest BCUT2D eigenvalue weighted by Gasteiger charge is 2.27. The summed E-state index contributed by atoms with van der Waals surface area (Å²) in [5, 5.41) is 12.5. The van der Waals surface area contributed by atoms with Gasteiger partial charge in [0.05, 0.1) is 15.2 Å². The van der Waals surface area contributed by atoms with Crippen molar-refractivity contribution in [3.63, 3.8) is 0 Å². The van der Waals surface area contributed by atoms with E-state index in [9.17, 15) is 9.59 Å². The van der Waals surface area contributed by atoms with Crippen LogP contribution in [0.15, 0.2) is 34.0 Å². The first-order valence-corrected chi connectivity index (χ1v) is 13.8. The molecule has 194 valence electrons. The average Bonchev–Trinajstić information content (AvgIpc) is 3.45. The van der Waals surface area contributed by atoms with Crippen LogP contribution in [0.2, 0.25) is 5.02 Å². The molecule has 4 N–H and O–H groups in total. The minimum atomic E-state index is -1.20. The number of halogens is 1. The van der Waals surface area contributed by atoms with Crippen molar-refractivity contribution in [1.29, 1.82) is 0 Å². The molecule has 0 radical (unpaired) electrons. The lowest BCUT2D eigenvalue weighted by atomic mass is 9.93. The topological polar surface area (TPSA) is 152 Å². The van der Waals surface area contributed by atoms with Gasteiger partial charge in [-0.25, -0.2) is 24.7 Å². The van der Waals surface area contributed by atoms with Crippen LogP contribution in [0.5, 0.6) is 0 Å². The van der Waals surface area contributed by atoms with Gasteiger partial charge in [0.15, 0.2) is 26.5 Å². The largest absolute Gasteiger partial charge is 0.465 e. The highest BCUT2D eigenvalue weighted by molar-refractivity contribution is 8.01. The number of nitrogens with zero attached hydrogens (tertiary/aromatic N) is 6. The van der Waals surface area contributed by atoms with Crippen LogP contribution in [0.4, 0.5) is 10.6 Å². The smallest absolute Gasteiger partial charge is 0.405 e. The summed E-state index contributed by atoms with van der Waals surface area (Å²) in [7, 11) is 0. The molecule has 0 aliphatic carbocycles. The number of hydrogen-bond donors (Lipinski definition) is 3. The molecule has 37 heavy (non-hydrogen) atoms. The van der Waals surface area contributed by atoms with Gasteiger partial charge in [-0.3, -0.25) is 4.79 Å². The van der Waals surface area contributed by atoms with Crippen molar-refractivity contribution in [2.24, 2.45) is 5.92 Å². The number of hydrogen-bond acceptors (Lipinski definition) is 9. The third kappa shape index (κ3) is 5.43. The molecule has 14 heteroatoms. The minimum Gasteiger partial charge on any atom is -0.465 e. The van der Waals surface area contributed by atoms with E-state index >= 15 is 0 Å². The first-order chi connectivity index (χ1) is 17.8. The Morgan fingerprint density at radius 1 is 1.30 bits per heavy atom. The van der Waals surface area contributed by atoms with Crippen LogP contribution in [0.25, 0.3) is 21.4 Å². The van der Waals surface area contributed by atoms with Gasteiger partial charge in [0.1, 0.15) is 12.4 Å². The Morgan fingerprint density at radius 3 is 2.81 bits per heavy atom. The SMILES string of the molecule is C[C@H](NC(=O)O)C(=O)N1CCC(CCn2c(Sc3nc4cccc(Cl)c4s3)nc3c(N)ncnc32)CC1. The van der Waals surface area contributed by atoms with Crippen LogP contribution >= 0.6 is 34.7 Å². The zero-order chi connectivity index (χ0) is 26.1. The molecule has 0 saturated carbocycles. The van der Waals surface area contributed by atoms with E-state index in [1.807, 2.05) is 18.2 Å². The Morgan fingerprint density at radius 2 is 2.08 bits per heavy atom. The molecule has 0 spiro atoms. The molecular weight excluding hydrogens is 536 g/mol. The summed E-state index contributed by atoms with van der Waals surface area (Å²) in [5.74, 6) is 0.541. The number of amides is 2. The molecule has 1 aliphatic heterocycles. The Labute approximate surface area is 225 Å². The number of nitrogen functional groups attached to an aromatic ring is 1. The molecule has 0 bridgehead atoms. The number of piperidine rings is 1. The molecule has 0 unspecified atom stereocenters. The molecule has 1 fully saturated rings. The van der Waals surface area contributed by atoms with Gasteiger partial charge >= 0.3 is 6.09 Å². The zero-order valence-electron chi connectivity index (χ0n) is 19.9. The number of fused-ring (bicyclic) bond motifs is 2. The van der Waals surface area contributed by atoms with Crippen molar-refractivity contribution in [2.75, 3.05) is 18.8 Å². The second-order valence-electron chi connectivity index (χ2n) is 8.88. The molecule has 1 aromatic carbocycles. The number of nitrogens with one attached hydrogen (secondary N) is 1. The number of benzene rings is 1. The number of likely N-dealkylation sites (tertiary alicyclic amines) is 1. The Bertz CT molecular complexity index is 1470. The monoisotopic (exact) mass is 560 g/mol. The van der Waals surface area contributed by atoms with E-state index < -0.39 is 12.1 Å². The molecule has 1 saturated heterocycles. The first-order valence-electron chi connectivity index (χ1n) is 11.8. The van der Waals surface area contributed by atoms with E-state index in [0.29, 0.717) is 47.6 Å². The number of aromatic nitrogens is 5. The Hall–Kier alpha value is -3.16. The number of rotatable bonds is 7. The van der Waals surface area contributed by atoms with Crippen molar-refractivity contribution < 1.29 is 14.7 Å². The lowest BCUT2D eigenvalue weighted by Gasteiger charge is -2.33. The van der Waals surface area contributed by atoms with Gasteiger partial charge in [0.25, 0.3) is 0 Å². The molecule has 5 rings (SSSR count). The lowest BCUT2D eigenvalue weighted by molar-refractivity contribution is -0.134. The van der Waals surface area contributed by atoms with E-state index in [-0.39, 0.29) is 5.91 Å². The molecule has 1 aliphatic rings. The number of imidazole rings is 1. The normalized spacial score (nSPS) is 15.4. The van der Waals surface area contributed by atoms with Gasteiger partial charge in [0.2, 0.25) is 5.91 Å². The zero-order valence-corrected chi connectivity index (χ0v) is 22.3. The summed E-state index contributed by atoms with van der Waals surface area (Å²) >= 11 is 9.31. The number of carbonyl (C=O) groups is 2. The van der Waals surface area contributed by atoms with Crippen LogP contribution in [-0.2, 0) is 11.3 Å². The van der Waals surface area contributed by atoms with Gasteiger partial charge in [-0.2, -0.15) is 0 Å². The van der Waals surface area contributed by atoms with Gasteiger partial charge in [0, 0.05) is 19.6 Å². The molecule has 4 aromatic rings. The van der Waals surface area contributed by atoms with Crippen molar-refractivity contribution >= 4 is 73.9 Å². The van der Waals surface area contributed by atoms with Crippen LogP contribution in [-0.4, -0.2) is 65.6 Å². The number of carbonyl (C=O) groups excluding carboxylic acids is 1. The minimum absolute atomic E-state index is 0.191. The third-order valence-corrected chi connectivity index (χ3v) is 9.04. The number of carboxylic acid groups (broad SMARTS) is 1. The fraction of sp³-hybridized carbons (Fsp3) is 0.391. The number of nitrogens with two attached hydrogens (primary N) is 1. The van der Waals surface area contributed by atoms with Crippen molar-refractivity contribution in [3.8, 4) is 0 Å².